The van der Waals surface area contributed by atoms with E-state index in [2.05, 4.69) is 53.6 Å². The van der Waals surface area contributed by atoms with Gasteiger partial charge in [0.25, 0.3) is 0 Å². The Morgan fingerprint density at radius 1 is 1.09 bits per heavy atom. The van der Waals surface area contributed by atoms with Gasteiger partial charge in [-0.25, -0.2) is 0 Å². The van der Waals surface area contributed by atoms with Gasteiger partial charge in [-0.05, 0) is 85.2 Å². The molecule has 4 heteroatoms. The molecule has 0 fully saturated rings. The molecule has 0 saturated carbocycles. The van der Waals surface area contributed by atoms with E-state index in [1.165, 1.54) is 11.1 Å². The summed E-state index contributed by atoms with van der Waals surface area (Å²) in [7, 11) is 0. The fraction of sp³-hybridized carbons (Fsp3) is 0.316. The Kier molecular flexibility index (Phi) is 6.45. The summed E-state index contributed by atoms with van der Waals surface area (Å²) in [4.78, 5) is 4.63. The Morgan fingerprint density at radius 2 is 1.83 bits per heavy atom. The summed E-state index contributed by atoms with van der Waals surface area (Å²) in [6, 6.07) is 10.2. The quantitative estimate of drug-likeness (QED) is 0.457. The van der Waals surface area contributed by atoms with Crippen molar-refractivity contribution in [3.8, 4) is 11.5 Å². The lowest BCUT2D eigenvalue weighted by atomic mass is 10.1. The van der Waals surface area contributed by atoms with E-state index in [1.807, 2.05) is 38.3 Å². The molecule has 0 aromatic heterocycles. The monoisotopic (exact) mass is 423 g/mol. The summed E-state index contributed by atoms with van der Waals surface area (Å²) in [5, 5.41) is 0. The van der Waals surface area contributed by atoms with E-state index in [9.17, 15) is 0 Å². The first-order chi connectivity index (χ1) is 11.1. The minimum Gasteiger partial charge on any atom is -0.490 e. The highest BCUT2D eigenvalue weighted by Crippen LogP contribution is 2.34. The second-order valence-electron chi connectivity index (χ2n) is 5.17. The maximum atomic E-state index is 5.71. The lowest BCUT2D eigenvalue weighted by Gasteiger charge is -2.13. The van der Waals surface area contributed by atoms with Crippen molar-refractivity contribution in [3.05, 3.63) is 50.6 Å². The van der Waals surface area contributed by atoms with Crippen molar-refractivity contribution >= 4 is 34.5 Å². The number of nitrogens with zero attached hydrogens (tertiary/aromatic N) is 1. The highest BCUT2D eigenvalue weighted by molar-refractivity contribution is 14.1. The predicted octanol–water partition coefficient (Wildman–Crippen LogP) is 5.46. The van der Waals surface area contributed by atoms with Crippen LogP contribution in [0.4, 0.5) is 5.69 Å². The zero-order chi connectivity index (χ0) is 16.8. The van der Waals surface area contributed by atoms with Crippen LogP contribution in [-0.4, -0.2) is 19.4 Å². The van der Waals surface area contributed by atoms with Crippen molar-refractivity contribution in [1.82, 2.24) is 0 Å². The number of hydrogen-bond acceptors (Lipinski definition) is 3. The summed E-state index contributed by atoms with van der Waals surface area (Å²) >= 11 is 2.27. The van der Waals surface area contributed by atoms with E-state index in [4.69, 9.17) is 9.47 Å². The molecular weight excluding hydrogens is 401 g/mol. The van der Waals surface area contributed by atoms with E-state index < -0.39 is 0 Å². The minimum atomic E-state index is 0.605. The van der Waals surface area contributed by atoms with Gasteiger partial charge in [-0.2, -0.15) is 0 Å². The van der Waals surface area contributed by atoms with Gasteiger partial charge < -0.3 is 9.47 Å². The fourth-order valence-corrected chi connectivity index (χ4v) is 3.01. The lowest BCUT2D eigenvalue weighted by molar-refractivity contribution is 0.286. The third kappa shape index (κ3) is 4.47. The molecule has 0 unspecified atom stereocenters. The highest BCUT2D eigenvalue weighted by atomic mass is 127. The molecule has 0 radical (unpaired) electrons. The van der Waals surface area contributed by atoms with Crippen molar-refractivity contribution in [3.63, 3.8) is 0 Å². The molecule has 2 aromatic rings. The molecule has 0 saturated heterocycles. The molecule has 0 aliphatic rings. The van der Waals surface area contributed by atoms with E-state index in [0.29, 0.717) is 13.2 Å². The van der Waals surface area contributed by atoms with Gasteiger partial charge in [0.05, 0.1) is 22.5 Å². The number of aryl methyl sites for hydroxylation is 1. The molecule has 0 aliphatic carbocycles. The Labute approximate surface area is 151 Å². The molecule has 2 aromatic carbocycles. The zero-order valence-electron chi connectivity index (χ0n) is 14.0. The van der Waals surface area contributed by atoms with Gasteiger partial charge in [0.15, 0.2) is 11.5 Å². The van der Waals surface area contributed by atoms with Crippen LogP contribution < -0.4 is 9.47 Å². The molecular formula is C19H22INO2. The van der Waals surface area contributed by atoms with Gasteiger partial charge >= 0.3 is 0 Å². The number of aliphatic imine (C=N–C) groups is 1. The van der Waals surface area contributed by atoms with Crippen LogP contribution in [0.3, 0.4) is 0 Å². The molecule has 2 rings (SSSR count). The molecule has 23 heavy (non-hydrogen) atoms. The molecule has 0 heterocycles. The number of rotatable bonds is 6. The molecule has 0 spiro atoms. The smallest absolute Gasteiger partial charge is 0.174 e. The lowest BCUT2D eigenvalue weighted by Crippen LogP contribution is -2.01. The maximum Gasteiger partial charge on any atom is 0.174 e. The molecule has 0 aliphatic heterocycles. The average Bonchev–Trinajstić information content (AvgIpc) is 2.52. The van der Waals surface area contributed by atoms with Crippen molar-refractivity contribution in [2.45, 2.75) is 27.7 Å². The first-order valence-electron chi connectivity index (χ1n) is 7.76. The second kappa shape index (κ2) is 8.34. The first kappa shape index (κ1) is 17.8. The van der Waals surface area contributed by atoms with Crippen molar-refractivity contribution in [2.75, 3.05) is 13.2 Å². The Bertz CT molecular complexity index is 711. The Hall–Kier alpha value is -1.56. The molecule has 3 nitrogen and oxygen atoms in total. The van der Waals surface area contributed by atoms with Crippen LogP contribution >= 0.6 is 22.6 Å². The van der Waals surface area contributed by atoms with Crippen LogP contribution in [-0.2, 0) is 0 Å². The standard InChI is InChI=1S/C19H22INO2/c1-5-22-18-11-15(10-16(20)19(18)23-6-2)12-21-17-9-7-8-13(3)14(17)4/h7-12H,5-6H2,1-4H3. The Morgan fingerprint density at radius 3 is 2.52 bits per heavy atom. The van der Waals surface area contributed by atoms with Crippen LogP contribution in [0.25, 0.3) is 0 Å². The summed E-state index contributed by atoms with van der Waals surface area (Å²) in [5.74, 6) is 1.57. The van der Waals surface area contributed by atoms with Crippen LogP contribution in [0.15, 0.2) is 35.3 Å². The summed E-state index contributed by atoms with van der Waals surface area (Å²) in [6.07, 6.45) is 1.88. The first-order valence-corrected chi connectivity index (χ1v) is 8.84. The van der Waals surface area contributed by atoms with E-state index in [0.717, 1.165) is 26.3 Å². The molecule has 0 amide bonds. The Balaban J connectivity index is 2.36. The average molecular weight is 423 g/mol. The SMILES string of the molecule is CCOc1cc(C=Nc2cccc(C)c2C)cc(I)c1OCC. The van der Waals surface area contributed by atoms with Crippen molar-refractivity contribution in [2.24, 2.45) is 4.99 Å². The zero-order valence-corrected chi connectivity index (χ0v) is 16.2. The van der Waals surface area contributed by atoms with E-state index in [1.54, 1.807) is 0 Å². The number of benzene rings is 2. The van der Waals surface area contributed by atoms with Gasteiger partial charge in [-0.1, -0.05) is 12.1 Å². The molecule has 0 N–H and O–H groups in total. The summed E-state index contributed by atoms with van der Waals surface area (Å²) in [6.45, 7) is 9.36. The van der Waals surface area contributed by atoms with Gasteiger partial charge in [0.1, 0.15) is 0 Å². The molecule has 122 valence electrons. The number of halogens is 1. The van der Waals surface area contributed by atoms with Crippen molar-refractivity contribution in [1.29, 1.82) is 0 Å². The predicted molar refractivity (Wildman–Crippen MR) is 105 cm³/mol. The van der Waals surface area contributed by atoms with Gasteiger partial charge in [0, 0.05) is 6.21 Å². The molecule has 0 atom stereocenters. The summed E-state index contributed by atoms with van der Waals surface area (Å²) in [5.41, 5.74) is 4.44. The van der Waals surface area contributed by atoms with Crippen LogP contribution in [0.2, 0.25) is 0 Å². The molecule has 0 bridgehead atoms. The third-order valence-corrected chi connectivity index (χ3v) is 4.35. The van der Waals surface area contributed by atoms with Crippen LogP contribution in [0, 0.1) is 17.4 Å². The fourth-order valence-electron chi connectivity index (χ4n) is 2.23. The van der Waals surface area contributed by atoms with E-state index in [-0.39, 0.29) is 0 Å². The third-order valence-electron chi connectivity index (χ3n) is 3.55. The minimum absolute atomic E-state index is 0.605. The normalized spacial score (nSPS) is 11.0. The maximum absolute atomic E-state index is 5.71. The van der Waals surface area contributed by atoms with Gasteiger partial charge in [0.2, 0.25) is 0 Å². The van der Waals surface area contributed by atoms with Gasteiger partial charge in [-0.15, -0.1) is 0 Å². The highest BCUT2D eigenvalue weighted by Gasteiger charge is 2.11. The largest absolute Gasteiger partial charge is 0.490 e. The van der Waals surface area contributed by atoms with Crippen LogP contribution in [0.1, 0.15) is 30.5 Å². The van der Waals surface area contributed by atoms with Gasteiger partial charge in [-0.3, -0.25) is 4.99 Å². The summed E-state index contributed by atoms with van der Waals surface area (Å²) < 4.78 is 12.4. The topological polar surface area (TPSA) is 30.8 Å². The second-order valence-corrected chi connectivity index (χ2v) is 6.34. The van der Waals surface area contributed by atoms with Crippen molar-refractivity contribution < 1.29 is 9.47 Å². The number of ether oxygens (including phenoxy) is 2. The van der Waals surface area contributed by atoms with Crippen LogP contribution in [0.5, 0.6) is 11.5 Å². The van der Waals surface area contributed by atoms with E-state index >= 15 is 0 Å². The number of hydrogen-bond donors (Lipinski definition) is 0.